The number of nitrogens with one attached hydrogen (secondary N) is 1. The standard InChI is InChI=1S/C19H36Cl3NO4Si2/c1-17(2,3)28(7,8)26-13-11(23-16(24)19(20,21)22)12-14(25-12)15(13)27-29(9,10)18(4,5)6/h11-15H,1-10H3,(H,23,24)/t11-,12+,13+,14+,15+/m0/s1. The van der Waals surface area contributed by atoms with Gasteiger partial charge in [-0.2, -0.15) is 0 Å². The van der Waals surface area contributed by atoms with Crippen molar-refractivity contribution in [1.82, 2.24) is 5.32 Å². The highest BCUT2D eigenvalue weighted by Gasteiger charge is 2.66. The number of epoxide rings is 1. The number of alkyl halides is 3. The molecule has 1 N–H and O–H groups in total. The van der Waals surface area contributed by atoms with Crippen molar-refractivity contribution in [2.45, 2.75) is 112 Å². The molecule has 1 aliphatic carbocycles. The molecule has 2 rings (SSSR count). The zero-order valence-electron chi connectivity index (χ0n) is 19.2. The van der Waals surface area contributed by atoms with Gasteiger partial charge in [0.05, 0.1) is 12.1 Å². The smallest absolute Gasteiger partial charge is 0.272 e. The van der Waals surface area contributed by atoms with Crippen LogP contribution in [0, 0.1) is 0 Å². The van der Waals surface area contributed by atoms with Crippen molar-refractivity contribution in [1.29, 1.82) is 0 Å². The molecule has 5 atom stereocenters. The van der Waals surface area contributed by atoms with Gasteiger partial charge in [-0.15, -0.1) is 0 Å². The summed E-state index contributed by atoms with van der Waals surface area (Å²) in [5.41, 5.74) is 0. The first-order valence-corrected chi connectivity index (χ1v) is 17.0. The molecule has 170 valence electrons. The van der Waals surface area contributed by atoms with Crippen LogP contribution < -0.4 is 5.32 Å². The lowest BCUT2D eigenvalue weighted by Gasteiger charge is -2.45. The molecule has 0 radical (unpaired) electrons. The Labute approximate surface area is 192 Å². The van der Waals surface area contributed by atoms with E-state index in [2.05, 4.69) is 73.0 Å². The highest BCUT2D eigenvalue weighted by Crippen LogP contribution is 2.49. The summed E-state index contributed by atoms with van der Waals surface area (Å²) < 4.78 is 17.4. The summed E-state index contributed by atoms with van der Waals surface area (Å²) in [6.45, 7) is 22.0. The molecular formula is C19H36Cl3NO4Si2. The molecule has 0 unspecified atom stereocenters. The molecule has 1 saturated carbocycles. The minimum absolute atomic E-state index is 0.00589. The first kappa shape index (κ1) is 25.9. The van der Waals surface area contributed by atoms with E-state index in [1.165, 1.54) is 0 Å². The van der Waals surface area contributed by atoms with Crippen LogP contribution in [-0.2, 0) is 18.4 Å². The highest BCUT2D eigenvalue weighted by atomic mass is 35.6. The van der Waals surface area contributed by atoms with Gasteiger partial charge >= 0.3 is 0 Å². The van der Waals surface area contributed by atoms with Crippen molar-refractivity contribution in [3.05, 3.63) is 0 Å². The van der Waals surface area contributed by atoms with E-state index in [-0.39, 0.29) is 34.5 Å². The lowest BCUT2D eigenvalue weighted by atomic mass is 10.2. The van der Waals surface area contributed by atoms with Gasteiger partial charge in [0, 0.05) is 0 Å². The molecule has 0 aromatic heterocycles. The van der Waals surface area contributed by atoms with Gasteiger partial charge in [-0.1, -0.05) is 76.3 Å². The van der Waals surface area contributed by atoms with Gasteiger partial charge in [-0.05, 0) is 36.3 Å². The van der Waals surface area contributed by atoms with E-state index in [1.807, 2.05) is 0 Å². The molecule has 5 nitrogen and oxygen atoms in total. The van der Waals surface area contributed by atoms with Crippen molar-refractivity contribution < 1.29 is 18.4 Å². The van der Waals surface area contributed by atoms with Crippen LogP contribution in [0.5, 0.6) is 0 Å². The molecule has 0 spiro atoms. The van der Waals surface area contributed by atoms with E-state index in [0.717, 1.165) is 0 Å². The molecule has 1 aliphatic heterocycles. The Bertz CT molecular complexity index is 641. The molecule has 0 aromatic carbocycles. The largest absolute Gasteiger partial charge is 0.409 e. The lowest BCUT2D eigenvalue weighted by molar-refractivity contribution is -0.122. The molecular weight excluding hydrogens is 469 g/mol. The van der Waals surface area contributed by atoms with Crippen molar-refractivity contribution in [2.24, 2.45) is 0 Å². The van der Waals surface area contributed by atoms with Crippen LogP contribution in [0.2, 0.25) is 36.3 Å². The Kier molecular flexibility index (Phi) is 7.06. The van der Waals surface area contributed by atoms with E-state index < -0.39 is 32.4 Å². The van der Waals surface area contributed by atoms with Crippen molar-refractivity contribution in [3.8, 4) is 0 Å². The number of carbonyl (C=O) groups excluding carboxylic acids is 1. The summed E-state index contributed by atoms with van der Waals surface area (Å²) >= 11 is 17.4. The Morgan fingerprint density at radius 1 is 0.828 bits per heavy atom. The highest BCUT2D eigenvalue weighted by molar-refractivity contribution is 6.76. The third-order valence-corrected chi connectivity index (χ3v) is 16.4. The quantitative estimate of drug-likeness (QED) is 0.309. The fourth-order valence-corrected chi connectivity index (χ4v) is 5.75. The zero-order valence-corrected chi connectivity index (χ0v) is 23.4. The minimum atomic E-state index is -2.15. The van der Waals surface area contributed by atoms with Gasteiger partial charge in [0.1, 0.15) is 18.3 Å². The fourth-order valence-electron chi connectivity index (χ4n) is 2.97. The van der Waals surface area contributed by atoms with Crippen LogP contribution in [0.4, 0.5) is 0 Å². The third-order valence-electron chi connectivity index (χ3n) is 6.95. The molecule has 0 bridgehead atoms. The summed E-state index contributed by atoms with van der Waals surface area (Å²) in [6, 6.07) is -0.410. The van der Waals surface area contributed by atoms with Gasteiger partial charge < -0.3 is 18.9 Å². The van der Waals surface area contributed by atoms with Crippen LogP contribution >= 0.6 is 34.8 Å². The topological polar surface area (TPSA) is 60.1 Å². The summed E-state index contributed by atoms with van der Waals surface area (Å²) in [6.07, 6.45) is -0.892. The number of carbonyl (C=O) groups is 1. The summed E-state index contributed by atoms with van der Waals surface area (Å²) in [4.78, 5) is 12.4. The monoisotopic (exact) mass is 503 g/mol. The molecule has 1 heterocycles. The number of halogens is 3. The number of hydrogen-bond acceptors (Lipinski definition) is 4. The average Bonchev–Trinajstić information content (AvgIpc) is 3.20. The van der Waals surface area contributed by atoms with Gasteiger partial charge in [-0.3, -0.25) is 4.79 Å². The Balaban J connectivity index is 2.34. The molecule has 1 saturated heterocycles. The van der Waals surface area contributed by atoms with E-state index in [9.17, 15) is 4.79 Å². The summed E-state index contributed by atoms with van der Waals surface area (Å²) in [5, 5.41) is 2.91. The first-order chi connectivity index (χ1) is 12.7. The second-order valence-electron chi connectivity index (χ2n) is 11.2. The Morgan fingerprint density at radius 2 is 1.24 bits per heavy atom. The van der Waals surface area contributed by atoms with Crippen LogP contribution in [0.1, 0.15) is 41.5 Å². The van der Waals surface area contributed by atoms with Crippen LogP contribution in [-0.4, -0.2) is 56.8 Å². The fraction of sp³-hybridized carbons (Fsp3) is 0.947. The normalized spacial score (nSPS) is 30.9. The maximum Gasteiger partial charge on any atom is 0.272 e. The Morgan fingerprint density at radius 3 is 1.62 bits per heavy atom. The summed E-state index contributed by atoms with van der Waals surface area (Å²) in [5.74, 6) is -0.668. The number of hydrogen-bond donors (Lipinski definition) is 1. The van der Waals surface area contributed by atoms with E-state index in [0.29, 0.717) is 0 Å². The van der Waals surface area contributed by atoms with E-state index in [4.69, 9.17) is 48.4 Å². The Hall–Kier alpha value is 0.654. The van der Waals surface area contributed by atoms with Crippen LogP contribution in [0.15, 0.2) is 0 Å². The van der Waals surface area contributed by atoms with Gasteiger partial charge in [0.25, 0.3) is 9.70 Å². The number of ether oxygens (including phenoxy) is 1. The van der Waals surface area contributed by atoms with Crippen molar-refractivity contribution >= 4 is 57.3 Å². The number of amides is 1. The maximum atomic E-state index is 12.4. The van der Waals surface area contributed by atoms with E-state index >= 15 is 0 Å². The first-order valence-electron chi connectivity index (χ1n) is 10.1. The zero-order chi connectivity index (χ0) is 22.8. The number of rotatable bonds is 5. The lowest BCUT2D eigenvalue weighted by Crippen LogP contribution is -2.58. The molecule has 2 fully saturated rings. The van der Waals surface area contributed by atoms with Gasteiger partial charge in [0.2, 0.25) is 0 Å². The second kappa shape index (κ2) is 7.90. The second-order valence-corrected chi connectivity index (χ2v) is 23.0. The van der Waals surface area contributed by atoms with Gasteiger partial charge in [-0.25, -0.2) is 0 Å². The predicted octanol–water partition coefficient (Wildman–Crippen LogP) is 5.40. The van der Waals surface area contributed by atoms with Crippen molar-refractivity contribution in [2.75, 3.05) is 0 Å². The molecule has 2 aliphatic rings. The summed E-state index contributed by atoms with van der Waals surface area (Å²) in [7, 11) is -4.24. The number of fused-ring (bicyclic) bond motifs is 1. The minimum Gasteiger partial charge on any atom is -0.409 e. The van der Waals surface area contributed by atoms with Crippen LogP contribution in [0.3, 0.4) is 0 Å². The van der Waals surface area contributed by atoms with Gasteiger partial charge in [0.15, 0.2) is 16.6 Å². The van der Waals surface area contributed by atoms with E-state index in [1.54, 1.807) is 0 Å². The molecule has 10 heteroatoms. The predicted molar refractivity (Wildman–Crippen MR) is 125 cm³/mol. The third kappa shape index (κ3) is 5.53. The molecule has 0 aromatic rings. The van der Waals surface area contributed by atoms with Crippen LogP contribution in [0.25, 0.3) is 0 Å². The molecule has 1 amide bonds. The molecule has 29 heavy (non-hydrogen) atoms. The maximum absolute atomic E-state index is 12.4. The van der Waals surface area contributed by atoms with Crippen molar-refractivity contribution in [3.63, 3.8) is 0 Å². The SMILES string of the molecule is CC(C)(C)[Si](C)(C)O[C@H]1[C@@H]2O[C@@H]2[C@H](NC(=O)C(Cl)(Cl)Cl)[C@H]1O[Si](C)(C)C(C)(C)C. The average molecular weight is 505 g/mol.